The van der Waals surface area contributed by atoms with E-state index in [1.807, 2.05) is 30.3 Å². The maximum absolute atomic E-state index is 6.95. The first-order valence-corrected chi connectivity index (χ1v) is 19.9. The van der Waals surface area contributed by atoms with Crippen LogP contribution < -0.4 is 0 Å². The zero-order chi connectivity index (χ0) is 38.6. The van der Waals surface area contributed by atoms with Crippen LogP contribution >= 0.6 is 0 Å². The molecule has 0 radical (unpaired) electrons. The highest BCUT2D eigenvalue weighted by Crippen LogP contribution is 2.44. The zero-order valence-corrected chi connectivity index (χ0v) is 31.5. The average Bonchev–Trinajstić information content (AvgIpc) is 3.96. The summed E-state index contributed by atoms with van der Waals surface area (Å²) in [5.41, 5.74) is 8.38. The molecule has 0 amide bonds. The summed E-state index contributed by atoms with van der Waals surface area (Å²) in [6.07, 6.45) is 0. The van der Waals surface area contributed by atoms with Gasteiger partial charge in [-0.1, -0.05) is 146 Å². The Balaban J connectivity index is 1.22. The molecule has 0 unspecified atom stereocenters. The van der Waals surface area contributed by atoms with Gasteiger partial charge in [-0.25, -0.2) is 4.98 Å². The summed E-state index contributed by atoms with van der Waals surface area (Å²) < 4.78 is 11.5. The molecule has 0 saturated carbocycles. The number of rotatable bonds is 4. The predicted molar refractivity (Wildman–Crippen MR) is 242 cm³/mol. The summed E-state index contributed by atoms with van der Waals surface area (Å²) in [6.45, 7) is 0. The molecule has 0 saturated heterocycles. The fourth-order valence-corrected chi connectivity index (χ4v) is 9.32. The van der Waals surface area contributed by atoms with Crippen LogP contribution in [0.4, 0.5) is 0 Å². The fourth-order valence-electron chi connectivity index (χ4n) is 9.32. The van der Waals surface area contributed by atoms with Crippen molar-refractivity contribution in [3.63, 3.8) is 0 Å². The third kappa shape index (κ3) is 4.65. The van der Waals surface area contributed by atoms with Crippen molar-refractivity contribution in [2.45, 2.75) is 0 Å². The minimum absolute atomic E-state index is 0.520. The Labute approximate surface area is 336 Å². The van der Waals surface area contributed by atoms with Gasteiger partial charge in [0.2, 0.25) is 5.95 Å². The van der Waals surface area contributed by atoms with Gasteiger partial charge in [0, 0.05) is 43.3 Å². The molecule has 13 aromatic rings. The number of benzene rings is 9. The quantitative estimate of drug-likeness (QED) is 0.180. The molecule has 0 aliphatic heterocycles. The normalized spacial score (nSPS) is 12.1. The molecule has 0 fully saturated rings. The molecule has 6 nitrogen and oxygen atoms in total. The van der Waals surface area contributed by atoms with E-state index in [9.17, 15) is 0 Å². The van der Waals surface area contributed by atoms with E-state index in [0.29, 0.717) is 17.6 Å². The SMILES string of the molecule is c1ccc(-c2nc(-c3c(-n4c5cc6ccccc6cc5c5ccc6ccccc6c54)ccc4c3oc3ccccc34)nc(-n3c4ccccc4c4ccccc43)n2)cc1. The molecule has 0 aliphatic rings. The van der Waals surface area contributed by atoms with Gasteiger partial charge >= 0.3 is 0 Å². The van der Waals surface area contributed by atoms with Crippen LogP contribution in [0.2, 0.25) is 0 Å². The summed E-state index contributed by atoms with van der Waals surface area (Å²) in [4.78, 5) is 16.2. The third-order valence-corrected chi connectivity index (χ3v) is 11.9. The predicted octanol–water partition coefficient (Wildman–Crippen LogP) is 13.6. The Morgan fingerprint density at radius 3 is 1.76 bits per heavy atom. The molecule has 274 valence electrons. The van der Waals surface area contributed by atoms with Crippen LogP contribution in [0.15, 0.2) is 192 Å². The average molecular weight is 754 g/mol. The lowest BCUT2D eigenvalue weighted by Gasteiger charge is -2.16. The van der Waals surface area contributed by atoms with Gasteiger partial charge in [0.15, 0.2) is 11.6 Å². The number of hydrogen-bond acceptors (Lipinski definition) is 4. The summed E-state index contributed by atoms with van der Waals surface area (Å²) in [5, 5.41) is 11.3. The molecule has 0 atom stereocenters. The molecule has 0 bridgehead atoms. The summed E-state index contributed by atoms with van der Waals surface area (Å²) in [6, 6.07) is 66.1. The van der Waals surface area contributed by atoms with E-state index in [1.165, 1.54) is 26.9 Å². The fraction of sp³-hybridized carbons (Fsp3) is 0. The molecule has 13 rings (SSSR count). The molecular weight excluding hydrogens is 723 g/mol. The highest BCUT2D eigenvalue weighted by molar-refractivity contribution is 6.22. The Bertz CT molecular complexity index is 3800. The molecular formula is C53H31N5O. The monoisotopic (exact) mass is 753 g/mol. The minimum Gasteiger partial charge on any atom is -0.455 e. The maximum Gasteiger partial charge on any atom is 0.238 e. The summed E-state index contributed by atoms with van der Waals surface area (Å²) in [7, 11) is 0. The van der Waals surface area contributed by atoms with Gasteiger partial charge in [-0.3, -0.25) is 4.57 Å². The molecule has 4 heterocycles. The van der Waals surface area contributed by atoms with Crippen molar-refractivity contribution in [1.82, 2.24) is 24.1 Å². The van der Waals surface area contributed by atoms with Gasteiger partial charge in [0.05, 0.1) is 33.3 Å². The van der Waals surface area contributed by atoms with E-state index < -0.39 is 0 Å². The van der Waals surface area contributed by atoms with Crippen molar-refractivity contribution >= 4 is 87.1 Å². The standard InChI is InChI=1S/C53H31N5O/c1-2-15-33(16-3-1)51-54-52(56-53(55-51)58-43-23-11-8-20-37(43)38-21-9-12-24-44(38)58)48-45(29-28-41-39-22-10-13-25-47(39)59-50(41)48)57-46-31-35-18-5-4-17-34(35)30-42(46)40-27-26-32-14-6-7-19-36(32)49(40)57/h1-31H. The second kappa shape index (κ2) is 12.2. The van der Waals surface area contributed by atoms with Gasteiger partial charge in [0.25, 0.3) is 0 Å². The van der Waals surface area contributed by atoms with Crippen molar-refractivity contribution in [1.29, 1.82) is 0 Å². The summed E-state index contributed by atoms with van der Waals surface area (Å²) in [5.74, 6) is 1.63. The topological polar surface area (TPSA) is 61.7 Å². The van der Waals surface area contributed by atoms with Crippen molar-refractivity contribution in [2.24, 2.45) is 0 Å². The molecule has 59 heavy (non-hydrogen) atoms. The second-order valence-corrected chi connectivity index (χ2v) is 15.2. The smallest absolute Gasteiger partial charge is 0.238 e. The number of aromatic nitrogens is 5. The number of para-hydroxylation sites is 3. The number of furan rings is 1. The van der Waals surface area contributed by atoms with Crippen molar-refractivity contribution in [2.75, 3.05) is 0 Å². The van der Waals surface area contributed by atoms with Gasteiger partial charge in [0.1, 0.15) is 11.2 Å². The van der Waals surface area contributed by atoms with E-state index >= 15 is 0 Å². The van der Waals surface area contributed by atoms with Crippen molar-refractivity contribution < 1.29 is 4.42 Å². The number of hydrogen-bond donors (Lipinski definition) is 0. The van der Waals surface area contributed by atoms with Crippen LogP contribution in [0.5, 0.6) is 0 Å². The highest BCUT2D eigenvalue weighted by Gasteiger charge is 2.26. The lowest BCUT2D eigenvalue weighted by atomic mass is 10.0. The van der Waals surface area contributed by atoms with E-state index in [-0.39, 0.29) is 0 Å². The minimum atomic E-state index is 0.520. The molecule has 0 aliphatic carbocycles. The first-order chi connectivity index (χ1) is 29.3. The molecule has 4 aromatic heterocycles. The lowest BCUT2D eigenvalue weighted by Crippen LogP contribution is -2.08. The first-order valence-electron chi connectivity index (χ1n) is 19.9. The Hall–Kier alpha value is -8.09. The van der Waals surface area contributed by atoms with Crippen LogP contribution in [-0.4, -0.2) is 24.1 Å². The Morgan fingerprint density at radius 2 is 0.983 bits per heavy atom. The van der Waals surface area contributed by atoms with E-state index in [4.69, 9.17) is 19.4 Å². The van der Waals surface area contributed by atoms with Crippen molar-refractivity contribution in [3.8, 4) is 34.4 Å². The van der Waals surface area contributed by atoms with Gasteiger partial charge in [-0.2, -0.15) is 9.97 Å². The first kappa shape index (κ1) is 32.0. The lowest BCUT2D eigenvalue weighted by molar-refractivity contribution is 0.669. The Kier molecular flexibility index (Phi) is 6.63. The molecule has 0 spiro atoms. The van der Waals surface area contributed by atoms with E-state index in [0.717, 1.165) is 77.0 Å². The maximum atomic E-state index is 6.95. The van der Waals surface area contributed by atoms with Crippen LogP contribution in [0.1, 0.15) is 0 Å². The van der Waals surface area contributed by atoms with E-state index in [2.05, 4.69) is 167 Å². The molecule has 0 N–H and O–H groups in total. The van der Waals surface area contributed by atoms with E-state index in [1.54, 1.807) is 0 Å². The zero-order valence-electron chi connectivity index (χ0n) is 31.5. The van der Waals surface area contributed by atoms with Crippen LogP contribution in [-0.2, 0) is 0 Å². The van der Waals surface area contributed by atoms with Gasteiger partial charge in [-0.05, 0) is 58.6 Å². The summed E-state index contributed by atoms with van der Waals surface area (Å²) >= 11 is 0. The molecule has 9 aromatic carbocycles. The van der Waals surface area contributed by atoms with Gasteiger partial charge < -0.3 is 8.98 Å². The van der Waals surface area contributed by atoms with Crippen LogP contribution in [0.25, 0.3) is 122 Å². The number of nitrogens with zero attached hydrogens (tertiary/aromatic N) is 5. The number of fused-ring (bicyclic) bond motifs is 12. The van der Waals surface area contributed by atoms with Crippen molar-refractivity contribution in [3.05, 3.63) is 188 Å². The van der Waals surface area contributed by atoms with Crippen LogP contribution in [0.3, 0.4) is 0 Å². The van der Waals surface area contributed by atoms with Crippen LogP contribution in [0, 0.1) is 0 Å². The molecule has 6 heteroatoms. The second-order valence-electron chi connectivity index (χ2n) is 15.2. The highest BCUT2D eigenvalue weighted by atomic mass is 16.3. The van der Waals surface area contributed by atoms with Gasteiger partial charge in [-0.15, -0.1) is 0 Å². The third-order valence-electron chi connectivity index (χ3n) is 11.9. The Morgan fingerprint density at radius 1 is 0.373 bits per heavy atom. The largest absolute Gasteiger partial charge is 0.455 e.